The van der Waals surface area contributed by atoms with Crippen LogP contribution in [0.1, 0.15) is 5.56 Å². The van der Waals surface area contributed by atoms with Crippen molar-refractivity contribution in [2.45, 2.75) is 11.1 Å². The molecule has 0 amide bonds. The largest absolute Gasteiger partial charge is 0.492 e. The second kappa shape index (κ2) is 8.50. The van der Waals surface area contributed by atoms with E-state index in [2.05, 4.69) is 4.90 Å². The van der Waals surface area contributed by atoms with Gasteiger partial charge in [-0.15, -0.1) is 0 Å². The van der Waals surface area contributed by atoms with Crippen molar-refractivity contribution in [3.63, 3.8) is 0 Å². The molecule has 0 aliphatic carbocycles. The number of sulfonamides is 1. The summed E-state index contributed by atoms with van der Waals surface area (Å²) in [5, 5.41) is 0. The van der Waals surface area contributed by atoms with E-state index in [1.165, 1.54) is 10.4 Å². The van der Waals surface area contributed by atoms with Gasteiger partial charge in [-0.2, -0.15) is 17.5 Å². The lowest BCUT2D eigenvalue weighted by Crippen LogP contribution is -2.49. The molecule has 2 aromatic rings. The fourth-order valence-corrected chi connectivity index (χ4v) is 4.45. The van der Waals surface area contributed by atoms with Gasteiger partial charge in [0.2, 0.25) is 10.0 Å². The second-order valence-corrected chi connectivity index (χ2v) is 8.37. The Bertz CT molecular complexity index is 881. The minimum atomic E-state index is -4.58. The number of nitrogens with zero attached hydrogens (tertiary/aromatic N) is 2. The molecule has 3 rings (SSSR count). The molecule has 152 valence electrons. The fourth-order valence-electron chi connectivity index (χ4n) is 2.98. The Morgan fingerprint density at radius 2 is 1.61 bits per heavy atom. The van der Waals surface area contributed by atoms with Crippen molar-refractivity contribution in [1.29, 1.82) is 0 Å². The van der Waals surface area contributed by atoms with Gasteiger partial charge in [-0.1, -0.05) is 24.3 Å². The first-order valence-corrected chi connectivity index (χ1v) is 10.3. The number of hydrogen-bond donors (Lipinski definition) is 0. The summed E-state index contributed by atoms with van der Waals surface area (Å²) >= 11 is 0. The molecule has 5 nitrogen and oxygen atoms in total. The highest BCUT2D eigenvalue weighted by Crippen LogP contribution is 2.31. The first kappa shape index (κ1) is 20.6. The SMILES string of the molecule is O=S(=O)(c1cccc(C(F)(F)F)c1)N1CCN(CCOc2ccccc2)CC1. The summed E-state index contributed by atoms with van der Waals surface area (Å²) in [6.45, 7) is 2.57. The molecule has 0 saturated carbocycles. The molecule has 0 aromatic heterocycles. The quantitative estimate of drug-likeness (QED) is 0.729. The molecule has 0 bridgehead atoms. The Hall–Kier alpha value is -2.10. The highest BCUT2D eigenvalue weighted by molar-refractivity contribution is 7.89. The normalized spacial score (nSPS) is 16.8. The van der Waals surface area contributed by atoms with Crippen LogP contribution < -0.4 is 4.74 Å². The molecule has 28 heavy (non-hydrogen) atoms. The standard InChI is InChI=1S/C19H21F3N2O3S/c20-19(21,22)16-5-4-8-18(15-16)28(25,26)24-11-9-23(10-12-24)13-14-27-17-6-2-1-3-7-17/h1-8,15H,9-14H2. The molecule has 1 fully saturated rings. The molecule has 2 aromatic carbocycles. The average molecular weight is 414 g/mol. The third-order valence-electron chi connectivity index (χ3n) is 4.55. The van der Waals surface area contributed by atoms with E-state index < -0.39 is 21.8 Å². The molecule has 9 heteroatoms. The smallest absolute Gasteiger partial charge is 0.416 e. The van der Waals surface area contributed by atoms with Crippen LogP contribution in [-0.2, 0) is 16.2 Å². The van der Waals surface area contributed by atoms with Crippen molar-refractivity contribution in [2.24, 2.45) is 0 Å². The minimum Gasteiger partial charge on any atom is -0.492 e. The van der Waals surface area contributed by atoms with Crippen LogP contribution >= 0.6 is 0 Å². The maximum atomic E-state index is 12.9. The number of ether oxygens (including phenoxy) is 1. The summed E-state index contributed by atoms with van der Waals surface area (Å²) in [5.41, 5.74) is -0.967. The lowest BCUT2D eigenvalue weighted by molar-refractivity contribution is -0.137. The van der Waals surface area contributed by atoms with Gasteiger partial charge >= 0.3 is 6.18 Å². The van der Waals surface area contributed by atoms with Crippen LogP contribution in [0.2, 0.25) is 0 Å². The Kier molecular flexibility index (Phi) is 6.26. The van der Waals surface area contributed by atoms with Gasteiger partial charge in [-0.25, -0.2) is 8.42 Å². The summed E-state index contributed by atoms with van der Waals surface area (Å²) in [4.78, 5) is 1.74. The topological polar surface area (TPSA) is 49.9 Å². The van der Waals surface area contributed by atoms with Crippen molar-refractivity contribution in [3.05, 3.63) is 60.2 Å². The lowest BCUT2D eigenvalue weighted by Gasteiger charge is -2.33. The zero-order valence-electron chi connectivity index (χ0n) is 15.1. The van der Waals surface area contributed by atoms with Crippen LogP contribution in [-0.4, -0.2) is 57.0 Å². The number of halogens is 3. The van der Waals surface area contributed by atoms with Gasteiger partial charge < -0.3 is 4.74 Å². The van der Waals surface area contributed by atoms with Gasteiger partial charge in [0.15, 0.2) is 0 Å². The number of alkyl halides is 3. The lowest BCUT2D eigenvalue weighted by atomic mass is 10.2. The molecule has 1 aliphatic rings. The summed E-state index contributed by atoms with van der Waals surface area (Å²) in [6.07, 6.45) is -4.58. The van der Waals surface area contributed by atoms with E-state index in [1.807, 2.05) is 30.3 Å². The Balaban J connectivity index is 1.55. The first-order chi connectivity index (χ1) is 13.3. The van der Waals surface area contributed by atoms with E-state index in [-0.39, 0.29) is 18.0 Å². The summed E-state index contributed by atoms with van der Waals surface area (Å²) in [5.74, 6) is 0.772. The summed E-state index contributed by atoms with van der Waals surface area (Å²) < 4.78 is 70.8. The second-order valence-electron chi connectivity index (χ2n) is 6.43. The predicted octanol–water partition coefficient (Wildman–Crippen LogP) is 3.09. The molecule has 0 spiro atoms. The third-order valence-corrected chi connectivity index (χ3v) is 6.44. The van der Waals surface area contributed by atoms with E-state index >= 15 is 0 Å². The average Bonchev–Trinajstić information content (AvgIpc) is 2.69. The molecule has 0 atom stereocenters. The third kappa shape index (κ3) is 5.03. The van der Waals surface area contributed by atoms with Crippen LogP contribution in [0.25, 0.3) is 0 Å². The molecular weight excluding hydrogens is 393 g/mol. The van der Waals surface area contributed by atoms with Crippen molar-refractivity contribution in [3.8, 4) is 5.75 Å². The highest BCUT2D eigenvalue weighted by atomic mass is 32.2. The summed E-state index contributed by atoms with van der Waals surface area (Å²) in [7, 11) is -3.96. The van der Waals surface area contributed by atoms with Crippen LogP contribution in [0, 0.1) is 0 Å². The molecular formula is C19H21F3N2O3S. The van der Waals surface area contributed by atoms with Crippen LogP contribution in [0.5, 0.6) is 5.75 Å². The number of hydrogen-bond acceptors (Lipinski definition) is 4. The fraction of sp³-hybridized carbons (Fsp3) is 0.368. The maximum Gasteiger partial charge on any atom is 0.416 e. The predicted molar refractivity (Wildman–Crippen MR) is 98.6 cm³/mol. The zero-order chi connectivity index (χ0) is 20.2. The van der Waals surface area contributed by atoms with Gasteiger partial charge in [0.25, 0.3) is 0 Å². The monoisotopic (exact) mass is 414 g/mol. The van der Waals surface area contributed by atoms with E-state index in [0.717, 1.165) is 17.9 Å². The van der Waals surface area contributed by atoms with E-state index in [1.54, 1.807) is 0 Å². The van der Waals surface area contributed by atoms with Crippen molar-refractivity contribution in [1.82, 2.24) is 9.21 Å². The minimum absolute atomic E-state index is 0.226. The Morgan fingerprint density at radius 1 is 0.929 bits per heavy atom. The van der Waals surface area contributed by atoms with Gasteiger partial charge in [0, 0.05) is 32.7 Å². The summed E-state index contributed by atoms with van der Waals surface area (Å²) in [6, 6.07) is 13.3. The number of rotatable bonds is 6. The Morgan fingerprint density at radius 3 is 2.25 bits per heavy atom. The van der Waals surface area contributed by atoms with Crippen LogP contribution in [0.15, 0.2) is 59.5 Å². The van der Waals surface area contributed by atoms with Crippen LogP contribution in [0.3, 0.4) is 0 Å². The molecule has 0 unspecified atom stereocenters. The molecule has 0 radical (unpaired) electrons. The first-order valence-electron chi connectivity index (χ1n) is 8.84. The van der Waals surface area contributed by atoms with Crippen molar-refractivity contribution < 1.29 is 26.3 Å². The van der Waals surface area contributed by atoms with Gasteiger partial charge in [-0.3, -0.25) is 4.90 Å². The maximum absolute atomic E-state index is 12.9. The number of piperazine rings is 1. The zero-order valence-corrected chi connectivity index (χ0v) is 15.9. The number of benzene rings is 2. The number of para-hydroxylation sites is 1. The van der Waals surface area contributed by atoms with Gasteiger partial charge in [-0.05, 0) is 30.3 Å². The van der Waals surface area contributed by atoms with E-state index in [9.17, 15) is 21.6 Å². The molecule has 1 heterocycles. The molecule has 0 N–H and O–H groups in total. The van der Waals surface area contributed by atoms with Crippen molar-refractivity contribution >= 4 is 10.0 Å². The highest BCUT2D eigenvalue weighted by Gasteiger charge is 2.33. The molecule has 1 aliphatic heterocycles. The van der Waals surface area contributed by atoms with Crippen molar-refractivity contribution in [2.75, 3.05) is 39.3 Å². The van der Waals surface area contributed by atoms with E-state index in [4.69, 9.17) is 4.74 Å². The van der Waals surface area contributed by atoms with Gasteiger partial charge in [0.1, 0.15) is 12.4 Å². The Labute approximate surface area is 162 Å². The van der Waals surface area contributed by atoms with Crippen LogP contribution in [0.4, 0.5) is 13.2 Å². The molecule has 1 saturated heterocycles. The van der Waals surface area contributed by atoms with E-state index in [0.29, 0.717) is 32.3 Å². The van der Waals surface area contributed by atoms with Gasteiger partial charge in [0.05, 0.1) is 10.5 Å².